The molecule has 0 unspecified atom stereocenters. The van der Waals surface area contributed by atoms with Gasteiger partial charge < -0.3 is 21.3 Å². The number of nitrogens with zero attached hydrogens (tertiary/aromatic N) is 1. The second kappa shape index (κ2) is 9.87. The van der Waals surface area contributed by atoms with Crippen molar-refractivity contribution in [2.45, 2.75) is 76.5 Å². The Balaban J connectivity index is 1.52. The second-order valence-electron chi connectivity index (χ2n) is 8.24. The summed E-state index contributed by atoms with van der Waals surface area (Å²) in [7, 11) is 0. The number of nitrogens with two attached hydrogens (primary N) is 1. The minimum Gasteiger partial charge on any atom is -0.384 e. The van der Waals surface area contributed by atoms with E-state index in [1.165, 1.54) is 19.3 Å². The van der Waals surface area contributed by atoms with Crippen LogP contribution in [-0.4, -0.2) is 47.2 Å². The quantitative estimate of drug-likeness (QED) is 0.414. The van der Waals surface area contributed by atoms with Crippen LogP contribution in [0.1, 0.15) is 63.0 Å². The van der Waals surface area contributed by atoms with Crippen LogP contribution in [0.5, 0.6) is 0 Å². The summed E-state index contributed by atoms with van der Waals surface area (Å²) in [6.45, 7) is 2.95. The van der Waals surface area contributed by atoms with Crippen LogP contribution < -0.4 is 16.4 Å². The SMILES string of the molecule is C[C@@H](NC1CCCCC1)C(=O)N1CCC[C@H]1C(=O)NCc1ccc(C(=N)N)cc1. The van der Waals surface area contributed by atoms with Crippen molar-refractivity contribution in [3.63, 3.8) is 0 Å². The van der Waals surface area contributed by atoms with Crippen LogP contribution in [0.3, 0.4) is 0 Å². The molecule has 1 aromatic carbocycles. The van der Waals surface area contributed by atoms with Crippen molar-refractivity contribution in [1.29, 1.82) is 5.41 Å². The average molecular weight is 400 g/mol. The van der Waals surface area contributed by atoms with Gasteiger partial charge in [-0.05, 0) is 38.2 Å². The number of likely N-dealkylation sites (tertiary alicyclic amines) is 1. The van der Waals surface area contributed by atoms with E-state index < -0.39 is 6.04 Å². The van der Waals surface area contributed by atoms with E-state index in [-0.39, 0.29) is 23.7 Å². The average Bonchev–Trinajstić information content (AvgIpc) is 3.22. The van der Waals surface area contributed by atoms with E-state index in [9.17, 15) is 9.59 Å². The van der Waals surface area contributed by atoms with E-state index in [1.807, 2.05) is 19.1 Å². The summed E-state index contributed by atoms with van der Waals surface area (Å²) in [5.74, 6) is -0.0490. The zero-order valence-electron chi connectivity index (χ0n) is 17.2. The number of nitrogens with one attached hydrogen (secondary N) is 3. The Morgan fingerprint density at radius 1 is 1.14 bits per heavy atom. The maximum Gasteiger partial charge on any atom is 0.243 e. The van der Waals surface area contributed by atoms with Crippen LogP contribution >= 0.6 is 0 Å². The highest BCUT2D eigenvalue weighted by atomic mass is 16.2. The van der Waals surface area contributed by atoms with Crippen molar-refractivity contribution in [2.75, 3.05) is 6.54 Å². The third-order valence-corrected chi connectivity index (χ3v) is 6.03. The molecule has 0 radical (unpaired) electrons. The number of hydrogen-bond acceptors (Lipinski definition) is 4. The van der Waals surface area contributed by atoms with Crippen LogP contribution in [0.25, 0.3) is 0 Å². The molecule has 0 bridgehead atoms. The van der Waals surface area contributed by atoms with E-state index in [4.69, 9.17) is 11.1 Å². The largest absolute Gasteiger partial charge is 0.384 e. The molecule has 2 atom stereocenters. The predicted molar refractivity (Wildman–Crippen MR) is 114 cm³/mol. The first-order valence-electron chi connectivity index (χ1n) is 10.7. The topological polar surface area (TPSA) is 111 Å². The van der Waals surface area contributed by atoms with Gasteiger partial charge in [0.15, 0.2) is 0 Å². The molecule has 5 N–H and O–H groups in total. The molecule has 1 aliphatic heterocycles. The molecule has 29 heavy (non-hydrogen) atoms. The van der Waals surface area contributed by atoms with Crippen molar-refractivity contribution in [1.82, 2.24) is 15.5 Å². The maximum absolute atomic E-state index is 13.0. The molecule has 1 aromatic rings. The molecule has 0 spiro atoms. The van der Waals surface area contributed by atoms with Gasteiger partial charge in [0.1, 0.15) is 11.9 Å². The van der Waals surface area contributed by atoms with Gasteiger partial charge >= 0.3 is 0 Å². The van der Waals surface area contributed by atoms with Gasteiger partial charge in [0.2, 0.25) is 11.8 Å². The standard InChI is InChI=1S/C22H33N5O2/c1-15(26-18-6-3-2-4-7-18)22(29)27-13-5-8-19(27)21(28)25-14-16-9-11-17(12-10-16)20(23)24/h9-12,15,18-19,26H,2-8,13-14H2,1H3,(H3,23,24)(H,25,28)/t15-,19+/m1/s1. The van der Waals surface area contributed by atoms with Crippen molar-refractivity contribution in [2.24, 2.45) is 5.73 Å². The van der Waals surface area contributed by atoms with Crippen LogP contribution in [0.2, 0.25) is 0 Å². The summed E-state index contributed by atoms with van der Waals surface area (Å²) in [5, 5.41) is 13.9. The fourth-order valence-electron chi connectivity index (χ4n) is 4.36. The molecule has 7 nitrogen and oxygen atoms in total. The van der Waals surface area contributed by atoms with Crippen molar-refractivity contribution in [3.05, 3.63) is 35.4 Å². The smallest absolute Gasteiger partial charge is 0.243 e. The predicted octanol–water partition coefficient (Wildman–Crippen LogP) is 1.89. The molecule has 1 saturated heterocycles. The summed E-state index contributed by atoms with van der Waals surface area (Å²) >= 11 is 0. The van der Waals surface area contributed by atoms with Gasteiger partial charge in [-0.1, -0.05) is 43.5 Å². The van der Waals surface area contributed by atoms with Crippen molar-refractivity contribution < 1.29 is 9.59 Å². The van der Waals surface area contributed by atoms with E-state index >= 15 is 0 Å². The van der Waals surface area contributed by atoms with Gasteiger partial charge in [0.25, 0.3) is 0 Å². The third-order valence-electron chi connectivity index (χ3n) is 6.03. The number of amidine groups is 1. The second-order valence-corrected chi connectivity index (χ2v) is 8.24. The molecule has 158 valence electrons. The molecule has 3 rings (SSSR count). The summed E-state index contributed by atoms with van der Waals surface area (Å²) in [4.78, 5) is 27.4. The Hall–Kier alpha value is -2.41. The van der Waals surface area contributed by atoms with Crippen molar-refractivity contribution in [3.8, 4) is 0 Å². The van der Waals surface area contributed by atoms with E-state index in [0.717, 1.165) is 24.8 Å². The highest BCUT2D eigenvalue weighted by molar-refractivity contribution is 5.95. The Morgan fingerprint density at radius 3 is 2.48 bits per heavy atom. The fraction of sp³-hybridized carbons (Fsp3) is 0.591. The molecule has 0 aromatic heterocycles. The number of carbonyl (C=O) groups excluding carboxylic acids is 2. The van der Waals surface area contributed by atoms with Crippen molar-refractivity contribution >= 4 is 17.6 Å². The van der Waals surface area contributed by atoms with Gasteiger partial charge in [-0.3, -0.25) is 15.0 Å². The lowest BCUT2D eigenvalue weighted by molar-refractivity contribution is -0.140. The number of nitrogen functional groups attached to an aromatic ring is 1. The van der Waals surface area contributed by atoms with E-state index in [0.29, 0.717) is 31.1 Å². The van der Waals surface area contributed by atoms with Crippen LogP contribution in [0, 0.1) is 5.41 Å². The van der Waals surface area contributed by atoms with Crippen LogP contribution in [0.4, 0.5) is 0 Å². The lowest BCUT2D eigenvalue weighted by atomic mass is 9.95. The number of carbonyl (C=O) groups is 2. The summed E-state index contributed by atoms with van der Waals surface area (Å²) in [5.41, 5.74) is 7.06. The van der Waals surface area contributed by atoms with Gasteiger partial charge in [-0.25, -0.2) is 0 Å². The Morgan fingerprint density at radius 2 is 1.83 bits per heavy atom. The lowest BCUT2D eigenvalue weighted by Gasteiger charge is -2.30. The minimum atomic E-state index is -0.394. The molecule has 2 fully saturated rings. The molecular formula is C22H33N5O2. The zero-order chi connectivity index (χ0) is 20.8. The normalized spacial score (nSPS) is 21.0. The molecule has 1 heterocycles. The molecule has 7 heteroatoms. The number of hydrogen-bond donors (Lipinski definition) is 4. The fourth-order valence-corrected chi connectivity index (χ4v) is 4.36. The van der Waals surface area contributed by atoms with Crippen LogP contribution in [0.15, 0.2) is 24.3 Å². The summed E-state index contributed by atoms with van der Waals surface area (Å²) < 4.78 is 0. The molecular weight excluding hydrogens is 366 g/mol. The first-order valence-corrected chi connectivity index (χ1v) is 10.7. The Labute approximate surface area is 172 Å². The lowest BCUT2D eigenvalue weighted by Crippen LogP contribution is -2.53. The number of benzene rings is 1. The van der Waals surface area contributed by atoms with Gasteiger partial charge in [0.05, 0.1) is 6.04 Å². The Bertz CT molecular complexity index is 727. The van der Waals surface area contributed by atoms with E-state index in [1.54, 1.807) is 17.0 Å². The minimum absolute atomic E-state index is 0.0247. The molecule has 1 saturated carbocycles. The molecule has 2 aliphatic rings. The summed E-state index contributed by atoms with van der Waals surface area (Å²) in [6, 6.07) is 7.01. The first-order chi connectivity index (χ1) is 14.0. The summed E-state index contributed by atoms with van der Waals surface area (Å²) in [6.07, 6.45) is 7.55. The highest BCUT2D eigenvalue weighted by Crippen LogP contribution is 2.21. The monoisotopic (exact) mass is 399 g/mol. The van der Waals surface area contributed by atoms with Gasteiger partial charge in [-0.2, -0.15) is 0 Å². The Kier molecular flexibility index (Phi) is 7.25. The third kappa shape index (κ3) is 5.56. The molecule has 1 aliphatic carbocycles. The molecule has 2 amide bonds. The van der Waals surface area contributed by atoms with Gasteiger partial charge in [0, 0.05) is 24.7 Å². The van der Waals surface area contributed by atoms with Gasteiger partial charge in [-0.15, -0.1) is 0 Å². The number of amides is 2. The maximum atomic E-state index is 13.0. The van der Waals surface area contributed by atoms with E-state index in [2.05, 4.69) is 10.6 Å². The zero-order valence-corrected chi connectivity index (χ0v) is 17.2. The number of rotatable bonds is 7. The van der Waals surface area contributed by atoms with Crippen LogP contribution in [-0.2, 0) is 16.1 Å². The highest BCUT2D eigenvalue weighted by Gasteiger charge is 2.36. The first kappa shape index (κ1) is 21.3.